The van der Waals surface area contributed by atoms with Crippen LogP contribution in [-0.4, -0.2) is 9.97 Å². The van der Waals surface area contributed by atoms with Gasteiger partial charge in [-0.1, -0.05) is 72.8 Å². The summed E-state index contributed by atoms with van der Waals surface area (Å²) in [5.74, 6) is 0. The fourth-order valence-electron chi connectivity index (χ4n) is 5.62. The first-order chi connectivity index (χ1) is 17.2. The molecule has 1 aromatic heterocycles. The van der Waals surface area contributed by atoms with Crippen molar-refractivity contribution in [3.63, 3.8) is 0 Å². The predicted octanol–water partition coefficient (Wildman–Crippen LogP) is 9.10. The lowest BCUT2D eigenvalue weighted by atomic mass is 9.80. The van der Waals surface area contributed by atoms with Gasteiger partial charge in [0.05, 0.1) is 11.4 Å². The Balaban J connectivity index is 1.67. The zero-order valence-corrected chi connectivity index (χ0v) is 22.0. The Kier molecular flexibility index (Phi) is 5.00. The van der Waals surface area contributed by atoms with Crippen molar-refractivity contribution < 1.29 is 0 Å². The molecule has 0 saturated heterocycles. The number of benzene rings is 4. The van der Waals surface area contributed by atoms with E-state index in [1.807, 2.05) is 12.1 Å². The Morgan fingerprint density at radius 1 is 0.514 bits per heavy atom. The molecule has 0 unspecified atom stereocenters. The summed E-state index contributed by atoms with van der Waals surface area (Å²) in [6, 6.07) is 30.3. The van der Waals surface area contributed by atoms with Crippen molar-refractivity contribution in [3.05, 3.63) is 116 Å². The maximum Gasteiger partial charge on any atom is 0.105 e. The number of aromatic nitrogens is 2. The smallest absolute Gasteiger partial charge is 0.105 e. The van der Waals surface area contributed by atoms with Gasteiger partial charge in [-0.05, 0) is 96.7 Å². The number of allylic oxidation sites excluding steroid dienone is 1. The van der Waals surface area contributed by atoms with E-state index in [0.29, 0.717) is 0 Å². The highest BCUT2D eigenvalue weighted by Gasteiger charge is 2.29. The zero-order chi connectivity index (χ0) is 23.5. The van der Waals surface area contributed by atoms with Gasteiger partial charge in [-0.15, -0.1) is 0 Å². The molecule has 7 rings (SSSR count). The largest absolute Gasteiger partial charge is 0.243 e. The zero-order valence-electron chi connectivity index (χ0n) is 18.9. The maximum absolute atomic E-state index is 5.24. The van der Waals surface area contributed by atoms with Crippen LogP contribution < -0.4 is 0 Å². The Morgan fingerprint density at radius 2 is 1.00 bits per heavy atom. The summed E-state index contributed by atoms with van der Waals surface area (Å²) in [7, 11) is 0. The van der Waals surface area contributed by atoms with Crippen molar-refractivity contribution in [1.29, 1.82) is 0 Å². The molecule has 0 aliphatic heterocycles. The topological polar surface area (TPSA) is 25.8 Å². The molecule has 2 nitrogen and oxygen atoms in total. The molecule has 5 aromatic rings. The maximum atomic E-state index is 5.24. The van der Waals surface area contributed by atoms with E-state index >= 15 is 0 Å². The standard InChI is InChI=1S/C31H20Br2N2/c32-25-16-17-26(33)31-30(25)34-28-23-13-5-3-11-21(23)27(22-12-4-6-14-24(22)29(28)35-31)20-15-7-9-18-8-1-2-10-19(18)20/h1-6,8,10-14,16-17H,7,9,15H2. The lowest BCUT2D eigenvalue weighted by molar-refractivity contribution is 0.823. The van der Waals surface area contributed by atoms with E-state index in [9.17, 15) is 0 Å². The average Bonchev–Trinajstić information content (AvgIpc) is 3.02. The second kappa shape index (κ2) is 8.25. The van der Waals surface area contributed by atoms with E-state index in [1.54, 1.807) is 0 Å². The van der Waals surface area contributed by atoms with Crippen molar-refractivity contribution in [2.45, 2.75) is 19.3 Å². The van der Waals surface area contributed by atoms with Gasteiger partial charge in [-0.3, -0.25) is 0 Å². The van der Waals surface area contributed by atoms with E-state index in [0.717, 1.165) is 61.8 Å². The molecule has 0 atom stereocenters. The molecule has 0 radical (unpaired) electrons. The highest BCUT2D eigenvalue weighted by molar-refractivity contribution is 9.11. The molecule has 0 N–H and O–H groups in total. The van der Waals surface area contributed by atoms with Crippen LogP contribution in [0.1, 0.15) is 35.1 Å². The van der Waals surface area contributed by atoms with Crippen LogP contribution in [0.5, 0.6) is 0 Å². The summed E-state index contributed by atoms with van der Waals surface area (Å²) in [6.07, 6.45) is 3.35. The van der Waals surface area contributed by atoms with Crippen molar-refractivity contribution >= 4 is 54.0 Å². The van der Waals surface area contributed by atoms with Crippen LogP contribution in [0.25, 0.3) is 44.7 Å². The molecule has 0 bridgehead atoms. The van der Waals surface area contributed by atoms with Gasteiger partial charge >= 0.3 is 0 Å². The van der Waals surface area contributed by atoms with Gasteiger partial charge in [0.1, 0.15) is 11.0 Å². The van der Waals surface area contributed by atoms with Gasteiger partial charge in [-0.25, -0.2) is 9.97 Å². The Labute approximate surface area is 221 Å². The summed E-state index contributed by atoms with van der Waals surface area (Å²) in [5.41, 5.74) is 13.9. The van der Waals surface area contributed by atoms with E-state index < -0.39 is 0 Å². The third kappa shape index (κ3) is 3.27. The first-order valence-corrected chi connectivity index (χ1v) is 13.5. The van der Waals surface area contributed by atoms with Crippen molar-refractivity contribution in [2.75, 3.05) is 0 Å². The van der Waals surface area contributed by atoms with Gasteiger partial charge < -0.3 is 0 Å². The third-order valence-corrected chi connectivity index (χ3v) is 8.42. The molecular weight excluding hydrogens is 560 g/mol. The molecule has 35 heavy (non-hydrogen) atoms. The minimum atomic E-state index is 0.865. The lowest BCUT2D eigenvalue weighted by Crippen LogP contribution is -2.05. The summed E-state index contributed by atoms with van der Waals surface area (Å²) in [6.45, 7) is 0. The monoisotopic (exact) mass is 578 g/mol. The summed E-state index contributed by atoms with van der Waals surface area (Å²) >= 11 is 7.42. The number of hydrogen-bond acceptors (Lipinski definition) is 2. The van der Waals surface area contributed by atoms with E-state index in [-0.39, 0.29) is 0 Å². The van der Waals surface area contributed by atoms with Crippen molar-refractivity contribution in [2.24, 2.45) is 0 Å². The van der Waals surface area contributed by atoms with Gasteiger partial charge in [-0.2, -0.15) is 0 Å². The summed E-state index contributed by atoms with van der Waals surface area (Å²) in [4.78, 5) is 10.5. The van der Waals surface area contributed by atoms with Crippen molar-refractivity contribution in [1.82, 2.24) is 9.97 Å². The van der Waals surface area contributed by atoms with Gasteiger partial charge in [0.2, 0.25) is 0 Å². The predicted molar refractivity (Wildman–Crippen MR) is 151 cm³/mol. The minimum absolute atomic E-state index is 0.865. The molecule has 2 aliphatic carbocycles. The first kappa shape index (κ1) is 21.2. The number of nitrogens with zero attached hydrogens (tertiary/aromatic N) is 2. The normalized spacial score (nSPS) is 14.1. The Hall–Kier alpha value is -3.08. The van der Waals surface area contributed by atoms with Crippen LogP contribution in [-0.2, 0) is 6.42 Å². The van der Waals surface area contributed by atoms with Crippen molar-refractivity contribution in [3.8, 4) is 22.5 Å². The molecule has 168 valence electrons. The molecule has 4 aromatic carbocycles. The first-order valence-electron chi connectivity index (χ1n) is 11.9. The van der Waals surface area contributed by atoms with Crippen LogP contribution in [0.4, 0.5) is 0 Å². The summed E-state index contributed by atoms with van der Waals surface area (Å²) in [5, 5.41) is 0. The molecule has 1 heterocycles. The van der Waals surface area contributed by atoms with Crippen LogP contribution in [0.15, 0.2) is 93.9 Å². The second-order valence-corrected chi connectivity index (χ2v) is 10.8. The average molecular weight is 580 g/mol. The molecule has 0 spiro atoms. The van der Waals surface area contributed by atoms with Gasteiger partial charge in [0.15, 0.2) is 0 Å². The highest BCUT2D eigenvalue weighted by Crippen LogP contribution is 2.49. The molecule has 0 saturated carbocycles. The quantitative estimate of drug-likeness (QED) is 0.179. The molecular formula is C31H20Br2N2. The molecule has 4 heteroatoms. The van der Waals surface area contributed by atoms with E-state index in [4.69, 9.17) is 9.97 Å². The number of rotatable bonds is 0. The number of aryl methyl sites for hydroxylation is 1. The van der Waals surface area contributed by atoms with Crippen LogP contribution in [0.3, 0.4) is 0 Å². The molecule has 0 fully saturated rings. The number of hydrogen-bond donors (Lipinski definition) is 0. The minimum Gasteiger partial charge on any atom is -0.243 e. The SMILES string of the molecule is Brc1ccc(Br)c2nc3c(nc12)-c1ccccc1C(=C1CCCc2ccccc21)c1ccccc1-3. The second-order valence-electron chi connectivity index (χ2n) is 9.10. The van der Waals surface area contributed by atoms with Crippen LogP contribution >= 0.6 is 31.9 Å². The van der Waals surface area contributed by atoms with E-state index in [2.05, 4.69) is 105 Å². The Bertz CT molecular complexity index is 1610. The number of halogens is 2. The van der Waals surface area contributed by atoms with Crippen LogP contribution in [0, 0.1) is 0 Å². The van der Waals surface area contributed by atoms with Gasteiger partial charge in [0.25, 0.3) is 0 Å². The number of fused-ring (bicyclic) bond motifs is 7. The fourth-order valence-corrected chi connectivity index (χ4v) is 6.43. The Morgan fingerprint density at radius 3 is 1.57 bits per heavy atom. The van der Waals surface area contributed by atoms with E-state index in [1.165, 1.54) is 33.4 Å². The molecule has 2 aliphatic rings. The highest BCUT2D eigenvalue weighted by atomic mass is 79.9. The third-order valence-electron chi connectivity index (χ3n) is 7.14. The summed E-state index contributed by atoms with van der Waals surface area (Å²) < 4.78 is 1.89. The van der Waals surface area contributed by atoms with Gasteiger partial charge in [0, 0.05) is 20.1 Å². The lowest BCUT2D eigenvalue weighted by Gasteiger charge is -2.24. The van der Waals surface area contributed by atoms with Crippen LogP contribution in [0.2, 0.25) is 0 Å². The fraction of sp³-hybridized carbons (Fsp3) is 0.0968. The molecule has 0 amide bonds.